The molecule has 8 nitrogen and oxygen atoms in total. The van der Waals surface area contributed by atoms with Gasteiger partial charge >= 0.3 is 11.7 Å². The Labute approximate surface area is 143 Å². The van der Waals surface area contributed by atoms with Crippen LogP contribution in [0.1, 0.15) is 36.0 Å². The van der Waals surface area contributed by atoms with Gasteiger partial charge in [0.25, 0.3) is 0 Å². The van der Waals surface area contributed by atoms with Crippen molar-refractivity contribution in [2.45, 2.75) is 31.2 Å². The van der Waals surface area contributed by atoms with Crippen LogP contribution in [0.3, 0.4) is 0 Å². The third kappa shape index (κ3) is 1.92. The van der Waals surface area contributed by atoms with E-state index in [0.29, 0.717) is 12.8 Å². The molecule has 136 valence electrons. The SMILES string of the molecule is O=C(O)c1cn2c3c(c(F)c(F)c([N+](=O)[O-])c3c1=O)OCC21CCCC1. The summed E-state index contributed by atoms with van der Waals surface area (Å²) in [6.07, 6.45) is 3.78. The zero-order chi connectivity index (χ0) is 18.8. The number of hydrogen-bond donors (Lipinski definition) is 1. The van der Waals surface area contributed by atoms with Gasteiger partial charge in [-0.2, -0.15) is 8.78 Å². The number of pyridine rings is 1. The lowest BCUT2D eigenvalue weighted by molar-refractivity contribution is -0.386. The molecular weight excluding hydrogens is 354 g/mol. The van der Waals surface area contributed by atoms with Gasteiger partial charge in [-0.15, -0.1) is 0 Å². The molecule has 1 saturated carbocycles. The minimum atomic E-state index is -1.84. The fourth-order valence-electron chi connectivity index (χ4n) is 4.00. The molecule has 1 aliphatic heterocycles. The topological polar surface area (TPSA) is 112 Å². The van der Waals surface area contributed by atoms with E-state index in [-0.39, 0.29) is 12.1 Å². The molecule has 2 aliphatic rings. The number of fused-ring (bicyclic) bond motifs is 1. The number of carboxylic acid groups (broad SMARTS) is 1. The van der Waals surface area contributed by atoms with E-state index < -0.39 is 55.9 Å². The maximum atomic E-state index is 14.4. The molecule has 1 aromatic carbocycles. The minimum Gasteiger partial charge on any atom is -0.486 e. The Hall–Kier alpha value is -3.04. The highest BCUT2D eigenvalue weighted by Gasteiger charge is 2.44. The summed E-state index contributed by atoms with van der Waals surface area (Å²) in [6, 6.07) is 0. The van der Waals surface area contributed by atoms with Gasteiger partial charge in [0.05, 0.1) is 10.5 Å². The van der Waals surface area contributed by atoms with Gasteiger partial charge in [0.2, 0.25) is 17.1 Å². The van der Waals surface area contributed by atoms with E-state index in [4.69, 9.17) is 4.74 Å². The van der Waals surface area contributed by atoms with Gasteiger partial charge < -0.3 is 14.4 Å². The summed E-state index contributed by atoms with van der Waals surface area (Å²) >= 11 is 0. The number of aromatic carboxylic acids is 1. The zero-order valence-corrected chi connectivity index (χ0v) is 13.3. The van der Waals surface area contributed by atoms with Gasteiger partial charge in [-0.25, -0.2) is 4.79 Å². The van der Waals surface area contributed by atoms with Crippen LogP contribution in [0, 0.1) is 21.7 Å². The molecule has 0 atom stereocenters. The van der Waals surface area contributed by atoms with E-state index >= 15 is 0 Å². The fourth-order valence-corrected chi connectivity index (χ4v) is 4.00. The summed E-state index contributed by atoms with van der Waals surface area (Å²) in [5.41, 5.74) is -4.36. The van der Waals surface area contributed by atoms with Crippen LogP contribution in [-0.2, 0) is 5.54 Å². The van der Waals surface area contributed by atoms with Crippen molar-refractivity contribution in [1.82, 2.24) is 4.57 Å². The van der Waals surface area contributed by atoms with Crippen molar-refractivity contribution in [3.8, 4) is 5.75 Å². The molecule has 1 fully saturated rings. The number of benzene rings is 1. The highest BCUT2D eigenvalue weighted by atomic mass is 19.2. The average molecular weight is 366 g/mol. The van der Waals surface area contributed by atoms with Gasteiger partial charge in [0.1, 0.15) is 23.1 Å². The first-order valence-corrected chi connectivity index (χ1v) is 7.90. The molecule has 10 heteroatoms. The number of carbonyl (C=O) groups is 1. The van der Waals surface area contributed by atoms with Crippen molar-refractivity contribution in [2.75, 3.05) is 6.61 Å². The number of halogens is 2. The van der Waals surface area contributed by atoms with Crippen LogP contribution in [0.15, 0.2) is 11.0 Å². The Morgan fingerprint density at radius 1 is 1.31 bits per heavy atom. The van der Waals surface area contributed by atoms with Crippen LogP contribution in [0.2, 0.25) is 0 Å². The second-order valence-corrected chi connectivity index (χ2v) is 6.55. The number of nitrogens with zero attached hydrogens (tertiary/aromatic N) is 2. The molecule has 1 aromatic heterocycles. The highest BCUT2D eigenvalue weighted by Crippen LogP contribution is 2.47. The van der Waals surface area contributed by atoms with Crippen molar-refractivity contribution in [1.29, 1.82) is 0 Å². The third-order valence-electron chi connectivity index (χ3n) is 5.20. The number of hydrogen-bond acceptors (Lipinski definition) is 5. The predicted molar refractivity (Wildman–Crippen MR) is 83.7 cm³/mol. The Morgan fingerprint density at radius 2 is 1.96 bits per heavy atom. The lowest BCUT2D eigenvalue weighted by Crippen LogP contribution is -2.42. The Bertz CT molecular complexity index is 1060. The normalized spacial score (nSPS) is 17.5. The molecule has 1 aliphatic carbocycles. The van der Waals surface area contributed by atoms with Crippen molar-refractivity contribution in [3.05, 3.63) is 43.7 Å². The molecule has 26 heavy (non-hydrogen) atoms. The van der Waals surface area contributed by atoms with Gasteiger partial charge in [-0.1, -0.05) is 12.8 Å². The minimum absolute atomic E-state index is 0.0365. The zero-order valence-electron chi connectivity index (χ0n) is 13.3. The third-order valence-corrected chi connectivity index (χ3v) is 5.20. The molecule has 2 aromatic rings. The van der Waals surface area contributed by atoms with E-state index in [0.717, 1.165) is 19.0 Å². The lowest BCUT2D eigenvalue weighted by atomic mass is 9.94. The van der Waals surface area contributed by atoms with Crippen molar-refractivity contribution in [3.63, 3.8) is 0 Å². The standard InChI is InChI=1S/C16H12F2N2O6/c17-9-10(18)14-12-8(11(9)20(24)25)13(21)7(15(22)23)5-19(12)16(6-26-14)3-1-2-4-16/h5H,1-4,6H2,(H,22,23). The van der Waals surface area contributed by atoms with Gasteiger partial charge in [-0.05, 0) is 12.8 Å². The maximum Gasteiger partial charge on any atom is 0.341 e. The molecule has 4 rings (SSSR count). The molecule has 0 amide bonds. The molecule has 1 N–H and O–H groups in total. The molecule has 1 spiro atoms. The molecular formula is C16H12F2N2O6. The predicted octanol–water partition coefficient (Wildman–Crippen LogP) is 2.55. The van der Waals surface area contributed by atoms with Crippen LogP contribution in [0.4, 0.5) is 14.5 Å². The average Bonchev–Trinajstić information content (AvgIpc) is 3.04. The smallest absolute Gasteiger partial charge is 0.341 e. The number of nitro groups is 1. The summed E-state index contributed by atoms with van der Waals surface area (Å²) in [7, 11) is 0. The van der Waals surface area contributed by atoms with E-state index in [1.54, 1.807) is 0 Å². The Morgan fingerprint density at radius 3 is 2.54 bits per heavy atom. The van der Waals surface area contributed by atoms with Crippen LogP contribution in [-0.4, -0.2) is 27.2 Å². The summed E-state index contributed by atoms with van der Waals surface area (Å²) in [5, 5.41) is 19.9. The van der Waals surface area contributed by atoms with Gasteiger partial charge in [0.15, 0.2) is 5.75 Å². The van der Waals surface area contributed by atoms with Crippen LogP contribution < -0.4 is 10.2 Å². The molecule has 2 heterocycles. The Balaban J connectivity index is 2.29. The molecule has 0 bridgehead atoms. The number of ether oxygens (including phenoxy) is 1. The lowest BCUT2D eigenvalue weighted by Gasteiger charge is -2.38. The van der Waals surface area contributed by atoms with E-state index in [1.165, 1.54) is 4.57 Å². The maximum absolute atomic E-state index is 14.4. The molecule has 0 radical (unpaired) electrons. The van der Waals surface area contributed by atoms with E-state index in [9.17, 15) is 33.6 Å². The van der Waals surface area contributed by atoms with E-state index in [1.807, 2.05) is 0 Å². The van der Waals surface area contributed by atoms with Crippen molar-refractivity contribution in [2.24, 2.45) is 0 Å². The van der Waals surface area contributed by atoms with Crippen molar-refractivity contribution < 1.29 is 28.3 Å². The van der Waals surface area contributed by atoms with Crippen molar-refractivity contribution >= 4 is 22.6 Å². The quantitative estimate of drug-likeness (QED) is 0.646. The summed E-state index contributed by atoms with van der Waals surface area (Å²) in [4.78, 5) is 34.2. The molecule has 0 saturated heterocycles. The number of nitro benzene ring substituents is 1. The largest absolute Gasteiger partial charge is 0.486 e. The fraction of sp³-hybridized carbons (Fsp3) is 0.375. The highest BCUT2D eigenvalue weighted by molar-refractivity contribution is 5.99. The Kier molecular flexibility index (Phi) is 3.30. The van der Waals surface area contributed by atoms with Crippen LogP contribution in [0.25, 0.3) is 10.9 Å². The number of rotatable bonds is 2. The van der Waals surface area contributed by atoms with E-state index in [2.05, 4.69) is 0 Å². The first kappa shape index (κ1) is 16.4. The number of aromatic nitrogens is 1. The summed E-state index contributed by atoms with van der Waals surface area (Å²) < 4.78 is 35.4. The summed E-state index contributed by atoms with van der Waals surface area (Å²) in [6.45, 7) is -0.0365. The number of carboxylic acids is 1. The van der Waals surface area contributed by atoms with Crippen LogP contribution >= 0.6 is 0 Å². The first-order valence-electron chi connectivity index (χ1n) is 7.90. The van der Waals surface area contributed by atoms with Gasteiger partial charge in [-0.3, -0.25) is 14.9 Å². The summed E-state index contributed by atoms with van der Waals surface area (Å²) in [5.74, 6) is -5.60. The second-order valence-electron chi connectivity index (χ2n) is 6.55. The van der Waals surface area contributed by atoms with Crippen LogP contribution in [0.5, 0.6) is 5.75 Å². The molecule has 0 unspecified atom stereocenters. The monoisotopic (exact) mass is 366 g/mol. The first-order chi connectivity index (χ1) is 12.3. The second kappa shape index (κ2) is 5.23. The van der Waals surface area contributed by atoms with Gasteiger partial charge in [0, 0.05) is 6.20 Å².